The molecule has 7 nitrogen and oxygen atoms in total. The third-order valence-electron chi connectivity index (χ3n) is 4.49. The van der Waals surface area contributed by atoms with Crippen molar-refractivity contribution in [1.82, 2.24) is 19.6 Å². The van der Waals surface area contributed by atoms with Gasteiger partial charge in [0.05, 0.1) is 30.9 Å². The average molecular weight is 306 g/mol. The van der Waals surface area contributed by atoms with E-state index in [0.29, 0.717) is 26.3 Å². The highest BCUT2D eigenvalue weighted by Gasteiger charge is 2.38. The second-order valence-electron chi connectivity index (χ2n) is 6.22. The van der Waals surface area contributed by atoms with Gasteiger partial charge in [0.1, 0.15) is 6.54 Å². The van der Waals surface area contributed by atoms with Gasteiger partial charge < -0.3 is 14.5 Å². The molecule has 22 heavy (non-hydrogen) atoms. The zero-order valence-corrected chi connectivity index (χ0v) is 13.3. The SMILES string of the molecule is Cc1cc(C)n(CC(=O)N2C[C@@H]3COC[C@H](C2)N(C)C3=O)n1. The largest absolute Gasteiger partial charge is 0.378 e. The fourth-order valence-electron chi connectivity index (χ4n) is 3.17. The molecule has 0 unspecified atom stereocenters. The van der Waals surface area contributed by atoms with Crippen LogP contribution in [0.1, 0.15) is 11.4 Å². The van der Waals surface area contributed by atoms with Crippen LogP contribution in [0.3, 0.4) is 0 Å². The van der Waals surface area contributed by atoms with Crippen molar-refractivity contribution in [3.63, 3.8) is 0 Å². The molecule has 3 rings (SSSR count). The molecule has 0 saturated carbocycles. The minimum atomic E-state index is -0.262. The fraction of sp³-hybridized carbons (Fsp3) is 0.667. The van der Waals surface area contributed by atoms with Gasteiger partial charge >= 0.3 is 0 Å². The molecule has 0 aliphatic carbocycles. The van der Waals surface area contributed by atoms with Gasteiger partial charge in [-0.2, -0.15) is 5.10 Å². The third kappa shape index (κ3) is 2.72. The van der Waals surface area contributed by atoms with Crippen molar-refractivity contribution in [3.8, 4) is 0 Å². The van der Waals surface area contributed by atoms with E-state index in [1.54, 1.807) is 21.5 Å². The van der Waals surface area contributed by atoms with Gasteiger partial charge in [0.15, 0.2) is 0 Å². The first-order valence-electron chi connectivity index (χ1n) is 7.59. The lowest BCUT2D eigenvalue weighted by Gasteiger charge is -2.29. The summed E-state index contributed by atoms with van der Waals surface area (Å²) in [6.07, 6.45) is 0. The summed E-state index contributed by atoms with van der Waals surface area (Å²) in [7, 11) is 1.80. The Morgan fingerprint density at radius 3 is 2.82 bits per heavy atom. The lowest BCUT2D eigenvalue weighted by Crippen LogP contribution is -2.46. The summed E-state index contributed by atoms with van der Waals surface area (Å²) in [6, 6.07) is 1.89. The number of fused-ring (bicyclic) bond motifs is 3. The number of carbonyl (C=O) groups is 2. The molecule has 0 aromatic carbocycles. The minimum absolute atomic E-state index is 0.00574. The molecule has 7 heteroatoms. The molecule has 0 radical (unpaired) electrons. The fourth-order valence-corrected chi connectivity index (χ4v) is 3.17. The Hall–Kier alpha value is -1.89. The average Bonchev–Trinajstić information content (AvgIpc) is 2.61. The van der Waals surface area contributed by atoms with Crippen LogP contribution in [0, 0.1) is 19.8 Å². The van der Waals surface area contributed by atoms with Gasteiger partial charge in [0.2, 0.25) is 11.8 Å². The van der Waals surface area contributed by atoms with Crippen molar-refractivity contribution in [2.45, 2.75) is 26.4 Å². The Labute approximate surface area is 129 Å². The Balaban J connectivity index is 1.76. The van der Waals surface area contributed by atoms with Gasteiger partial charge in [-0.25, -0.2) is 0 Å². The van der Waals surface area contributed by atoms with Gasteiger partial charge in [0, 0.05) is 25.8 Å². The Bertz CT molecular complexity index is 598. The van der Waals surface area contributed by atoms with E-state index in [1.807, 2.05) is 19.9 Å². The molecular formula is C15H22N4O3. The van der Waals surface area contributed by atoms with Gasteiger partial charge in [-0.3, -0.25) is 14.3 Å². The molecule has 2 aliphatic rings. The first-order chi connectivity index (χ1) is 10.5. The highest BCUT2D eigenvalue weighted by molar-refractivity contribution is 5.82. The number of rotatable bonds is 2. The van der Waals surface area contributed by atoms with Crippen LogP contribution >= 0.6 is 0 Å². The van der Waals surface area contributed by atoms with E-state index in [9.17, 15) is 9.59 Å². The van der Waals surface area contributed by atoms with Crippen molar-refractivity contribution in [3.05, 3.63) is 17.5 Å². The maximum atomic E-state index is 12.6. The maximum Gasteiger partial charge on any atom is 0.244 e. The minimum Gasteiger partial charge on any atom is -0.378 e. The summed E-state index contributed by atoms with van der Waals surface area (Å²) in [5.74, 6) is -0.183. The predicted molar refractivity (Wildman–Crippen MR) is 79.1 cm³/mol. The quantitative estimate of drug-likeness (QED) is 0.760. The van der Waals surface area contributed by atoms with Crippen LogP contribution in [0.5, 0.6) is 0 Å². The van der Waals surface area contributed by atoms with Crippen LogP contribution in [-0.2, 0) is 20.9 Å². The Kier molecular flexibility index (Phi) is 3.90. The highest BCUT2D eigenvalue weighted by atomic mass is 16.5. The first kappa shape index (κ1) is 15.0. The van der Waals surface area contributed by atoms with Gasteiger partial charge in [0.25, 0.3) is 0 Å². The van der Waals surface area contributed by atoms with Crippen LogP contribution in [-0.4, -0.2) is 70.8 Å². The number of ether oxygens (including phenoxy) is 1. The van der Waals surface area contributed by atoms with E-state index in [4.69, 9.17) is 4.74 Å². The summed E-state index contributed by atoms with van der Waals surface area (Å²) >= 11 is 0. The summed E-state index contributed by atoms with van der Waals surface area (Å²) in [4.78, 5) is 28.4. The molecule has 2 saturated heterocycles. The number of hydrogen-bond acceptors (Lipinski definition) is 4. The molecule has 3 heterocycles. The standard InChI is InChI=1S/C15H22N4O3/c1-10-4-11(2)19(16-10)7-14(20)18-5-12-8-22-9-13(6-18)17(3)15(12)21/h4,12-13H,5-9H2,1-3H3/t12-,13+/m1/s1. The smallest absolute Gasteiger partial charge is 0.244 e. The number of aryl methyl sites for hydroxylation is 2. The summed E-state index contributed by atoms with van der Waals surface area (Å²) in [5, 5.41) is 4.34. The molecule has 2 bridgehead atoms. The van der Waals surface area contributed by atoms with Gasteiger partial charge in [-0.15, -0.1) is 0 Å². The predicted octanol–water partition coefficient (Wildman–Crippen LogP) is -0.184. The number of hydrogen-bond donors (Lipinski definition) is 0. The van der Waals surface area contributed by atoms with Crippen LogP contribution in [0.15, 0.2) is 6.07 Å². The molecular weight excluding hydrogens is 284 g/mol. The van der Waals surface area contributed by atoms with E-state index in [-0.39, 0.29) is 30.3 Å². The van der Waals surface area contributed by atoms with Crippen molar-refractivity contribution in [2.24, 2.45) is 5.92 Å². The molecule has 2 fully saturated rings. The maximum absolute atomic E-state index is 12.6. The first-order valence-corrected chi connectivity index (χ1v) is 7.59. The van der Waals surface area contributed by atoms with Crippen LogP contribution in [0.2, 0.25) is 0 Å². The molecule has 0 spiro atoms. The second kappa shape index (κ2) is 5.72. The Morgan fingerprint density at radius 1 is 1.36 bits per heavy atom. The van der Waals surface area contributed by atoms with E-state index in [2.05, 4.69) is 5.10 Å². The number of amides is 2. The third-order valence-corrected chi connectivity index (χ3v) is 4.49. The molecule has 2 atom stereocenters. The van der Waals surface area contributed by atoms with Crippen molar-refractivity contribution >= 4 is 11.8 Å². The molecule has 2 aliphatic heterocycles. The monoisotopic (exact) mass is 306 g/mol. The normalized spacial score (nSPS) is 25.3. The van der Waals surface area contributed by atoms with E-state index in [1.165, 1.54) is 0 Å². The van der Waals surface area contributed by atoms with E-state index < -0.39 is 0 Å². The van der Waals surface area contributed by atoms with Crippen molar-refractivity contribution in [2.75, 3.05) is 33.4 Å². The van der Waals surface area contributed by atoms with Crippen LogP contribution in [0.25, 0.3) is 0 Å². The number of carbonyl (C=O) groups excluding carboxylic acids is 2. The molecule has 1 aromatic rings. The van der Waals surface area contributed by atoms with Gasteiger partial charge in [-0.05, 0) is 19.9 Å². The van der Waals surface area contributed by atoms with E-state index in [0.717, 1.165) is 11.4 Å². The Morgan fingerprint density at radius 2 is 2.14 bits per heavy atom. The topological polar surface area (TPSA) is 67.7 Å². The molecule has 2 amide bonds. The molecule has 1 aromatic heterocycles. The molecule has 120 valence electrons. The zero-order valence-electron chi connectivity index (χ0n) is 13.3. The van der Waals surface area contributed by atoms with Crippen molar-refractivity contribution in [1.29, 1.82) is 0 Å². The number of likely N-dealkylation sites (N-methyl/N-ethyl adjacent to an activating group) is 1. The van der Waals surface area contributed by atoms with Gasteiger partial charge in [-0.1, -0.05) is 0 Å². The second-order valence-corrected chi connectivity index (χ2v) is 6.22. The molecule has 0 N–H and O–H groups in total. The summed E-state index contributed by atoms with van der Waals surface area (Å²) in [5.41, 5.74) is 1.87. The number of nitrogens with zero attached hydrogens (tertiary/aromatic N) is 4. The number of aromatic nitrogens is 2. The summed E-state index contributed by atoms with van der Waals surface area (Å²) in [6.45, 7) is 5.91. The highest BCUT2D eigenvalue weighted by Crippen LogP contribution is 2.20. The van der Waals surface area contributed by atoms with Crippen LogP contribution in [0.4, 0.5) is 0 Å². The lowest BCUT2D eigenvalue weighted by atomic mass is 10.1. The lowest BCUT2D eigenvalue weighted by molar-refractivity contribution is -0.135. The van der Waals surface area contributed by atoms with Crippen LogP contribution < -0.4 is 0 Å². The summed E-state index contributed by atoms with van der Waals surface area (Å²) < 4.78 is 7.28. The van der Waals surface area contributed by atoms with E-state index >= 15 is 0 Å². The van der Waals surface area contributed by atoms with Crippen molar-refractivity contribution < 1.29 is 14.3 Å². The zero-order chi connectivity index (χ0) is 15.9.